The lowest BCUT2D eigenvalue weighted by atomic mass is 9.87. The molecule has 0 aromatic heterocycles. The molecule has 6 nitrogen and oxygen atoms in total. The van der Waals surface area contributed by atoms with E-state index >= 15 is 0 Å². The Labute approximate surface area is 125 Å². The molecule has 1 aliphatic carbocycles. The Hall–Kier alpha value is -1.43. The van der Waals surface area contributed by atoms with Crippen LogP contribution >= 0.6 is 0 Å². The first-order valence-corrected chi connectivity index (χ1v) is 7.66. The molecule has 0 spiro atoms. The van der Waals surface area contributed by atoms with Crippen molar-refractivity contribution in [3.63, 3.8) is 0 Å². The van der Waals surface area contributed by atoms with Crippen LogP contribution in [0.3, 0.4) is 0 Å². The first-order valence-electron chi connectivity index (χ1n) is 7.66. The van der Waals surface area contributed by atoms with E-state index in [0.29, 0.717) is 6.61 Å². The molecule has 2 fully saturated rings. The molecule has 2 aliphatic rings. The minimum atomic E-state index is -0.720. The fourth-order valence-corrected chi connectivity index (χ4v) is 3.30. The lowest BCUT2D eigenvalue weighted by Gasteiger charge is -2.37. The number of urea groups is 1. The highest BCUT2D eigenvalue weighted by molar-refractivity contribution is 6.16. The van der Waals surface area contributed by atoms with E-state index in [1.807, 2.05) is 20.8 Å². The Balaban J connectivity index is 2.14. The molecule has 1 saturated carbocycles. The third-order valence-corrected chi connectivity index (χ3v) is 4.24. The van der Waals surface area contributed by atoms with Crippen LogP contribution in [0.25, 0.3) is 0 Å². The molecule has 21 heavy (non-hydrogen) atoms. The van der Waals surface area contributed by atoms with Gasteiger partial charge in [0.25, 0.3) is 0 Å². The van der Waals surface area contributed by atoms with E-state index < -0.39 is 23.5 Å². The number of ether oxygens (including phenoxy) is 1. The molecule has 1 N–H and O–H groups in total. The Bertz CT molecular complexity index is 441. The summed E-state index contributed by atoms with van der Waals surface area (Å²) in [6.45, 7) is 6.18. The molecule has 6 heteroatoms. The van der Waals surface area contributed by atoms with Gasteiger partial charge in [0.1, 0.15) is 5.92 Å². The summed E-state index contributed by atoms with van der Waals surface area (Å²) in [6, 6.07) is -0.632. The highest BCUT2D eigenvalue weighted by Crippen LogP contribution is 2.34. The number of hydrogen-bond donors (Lipinski definition) is 1. The number of carbonyl (C=O) groups is 3. The van der Waals surface area contributed by atoms with Crippen LogP contribution in [0.15, 0.2) is 0 Å². The van der Waals surface area contributed by atoms with Crippen molar-refractivity contribution in [1.29, 1.82) is 0 Å². The summed E-state index contributed by atoms with van der Waals surface area (Å²) >= 11 is 0. The van der Waals surface area contributed by atoms with Gasteiger partial charge in [0, 0.05) is 6.61 Å². The Morgan fingerprint density at radius 1 is 1.24 bits per heavy atom. The second-order valence-electron chi connectivity index (χ2n) is 6.43. The van der Waals surface area contributed by atoms with Crippen molar-refractivity contribution in [2.45, 2.75) is 52.1 Å². The van der Waals surface area contributed by atoms with Crippen LogP contribution in [0.1, 0.15) is 46.5 Å². The largest absolute Gasteiger partial charge is 0.374 e. The number of barbiturate groups is 1. The number of imide groups is 2. The molecule has 1 heterocycles. The van der Waals surface area contributed by atoms with Gasteiger partial charge in [-0.15, -0.1) is 0 Å². The van der Waals surface area contributed by atoms with E-state index in [-0.39, 0.29) is 18.4 Å². The molecule has 2 rings (SSSR count). The summed E-state index contributed by atoms with van der Waals surface area (Å²) in [4.78, 5) is 37.7. The summed E-state index contributed by atoms with van der Waals surface area (Å²) < 4.78 is 5.56. The Kier molecular flexibility index (Phi) is 4.66. The fraction of sp³-hybridized carbons (Fsp3) is 0.800. The normalized spacial score (nSPS) is 24.6. The van der Waals surface area contributed by atoms with Crippen molar-refractivity contribution in [2.24, 2.45) is 11.8 Å². The van der Waals surface area contributed by atoms with Gasteiger partial charge in [0.2, 0.25) is 11.8 Å². The molecule has 4 amide bonds. The van der Waals surface area contributed by atoms with Crippen LogP contribution in [-0.2, 0) is 14.3 Å². The number of amides is 4. The van der Waals surface area contributed by atoms with Gasteiger partial charge < -0.3 is 4.74 Å². The van der Waals surface area contributed by atoms with E-state index in [1.54, 1.807) is 0 Å². The van der Waals surface area contributed by atoms with Crippen LogP contribution in [-0.4, -0.2) is 41.5 Å². The third-order valence-electron chi connectivity index (χ3n) is 4.24. The van der Waals surface area contributed by atoms with Crippen LogP contribution in [0.2, 0.25) is 0 Å². The second kappa shape index (κ2) is 6.13. The lowest BCUT2D eigenvalue weighted by Crippen LogP contribution is -2.62. The summed E-state index contributed by atoms with van der Waals surface area (Å²) in [7, 11) is 0. The van der Waals surface area contributed by atoms with E-state index in [4.69, 9.17) is 4.74 Å². The van der Waals surface area contributed by atoms with Crippen molar-refractivity contribution in [1.82, 2.24) is 10.2 Å². The van der Waals surface area contributed by atoms with Crippen molar-refractivity contribution in [2.75, 3.05) is 13.2 Å². The monoisotopic (exact) mass is 296 g/mol. The minimum Gasteiger partial charge on any atom is -0.374 e. The summed E-state index contributed by atoms with van der Waals surface area (Å²) in [5.41, 5.74) is -0.623. The smallest absolute Gasteiger partial charge is 0.330 e. The maximum Gasteiger partial charge on any atom is 0.330 e. The van der Waals surface area contributed by atoms with Gasteiger partial charge in [-0.3, -0.25) is 19.8 Å². The fourth-order valence-electron chi connectivity index (χ4n) is 3.30. The van der Waals surface area contributed by atoms with E-state index in [2.05, 4.69) is 5.32 Å². The van der Waals surface area contributed by atoms with Crippen molar-refractivity contribution >= 4 is 17.8 Å². The zero-order chi connectivity index (χ0) is 15.6. The van der Waals surface area contributed by atoms with Gasteiger partial charge in [0.05, 0.1) is 12.1 Å². The zero-order valence-corrected chi connectivity index (χ0v) is 13.0. The van der Waals surface area contributed by atoms with E-state index in [0.717, 1.165) is 30.6 Å². The lowest BCUT2D eigenvalue weighted by molar-refractivity contribution is -0.147. The first-order chi connectivity index (χ1) is 9.85. The van der Waals surface area contributed by atoms with Crippen molar-refractivity contribution in [3.05, 3.63) is 0 Å². The van der Waals surface area contributed by atoms with Crippen molar-refractivity contribution in [3.8, 4) is 0 Å². The predicted octanol–water partition coefficient (Wildman–Crippen LogP) is 1.69. The number of nitrogens with zero attached hydrogens (tertiary/aromatic N) is 1. The molecule has 0 bridgehead atoms. The van der Waals surface area contributed by atoms with Crippen LogP contribution in [0, 0.1) is 11.8 Å². The average molecular weight is 296 g/mol. The SMILES string of the molecule is CCOC(C)(C)CN1C(=O)NC(=O)C(C2CCCC2)C1=O. The summed E-state index contributed by atoms with van der Waals surface area (Å²) in [6.07, 6.45) is 3.83. The number of hydrogen-bond acceptors (Lipinski definition) is 4. The van der Waals surface area contributed by atoms with Crippen LogP contribution in [0.5, 0.6) is 0 Å². The van der Waals surface area contributed by atoms with Gasteiger partial charge in [-0.1, -0.05) is 12.8 Å². The Morgan fingerprint density at radius 3 is 2.43 bits per heavy atom. The molecule has 118 valence electrons. The van der Waals surface area contributed by atoms with Gasteiger partial charge in [-0.05, 0) is 39.5 Å². The summed E-state index contributed by atoms with van der Waals surface area (Å²) in [5.74, 6) is -1.48. The topological polar surface area (TPSA) is 75.7 Å². The third kappa shape index (κ3) is 3.43. The number of nitrogens with one attached hydrogen (secondary N) is 1. The second-order valence-corrected chi connectivity index (χ2v) is 6.43. The molecular weight excluding hydrogens is 272 g/mol. The molecule has 1 atom stereocenters. The molecular formula is C15H24N2O4. The average Bonchev–Trinajstić information content (AvgIpc) is 2.88. The minimum absolute atomic E-state index is 0.0586. The molecule has 1 saturated heterocycles. The highest BCUT2D eigenvalue weighted by atomic mass is 16.5. The molecule has 0 aromatic carbocycles. The van der Waals surface area contributed by atoms with Gasteiger partial charge >= 0.3 is 6.03 Å². The number of carbonyl (C=O) groups excluding carboxylic acids is 3. The standard InChI is InChI=1S/C15H24N2O4/c1-4-21-15(2,3)9-17-13(19)11(10-7-5-6-8-10)12(18)16-14(17)20/h10-11H,4-9H2,1-3H3,(H,16,18,20). The first kappa shape index (κ1) is 15.9. The van der Waals surface area contributed by atoms with Gasteiger partial charge in [-0.25, -0.2) is 4.79 Å². The highest BCUT2D eigenvalue weighted by Gasteiger charge is 2.46. The molecule has 1 aliphatic heterocycles. The maximum atomic E-state index is 12.6. The predicted molar refractivity (Wildman–Crippen MR) is 76.4 cm³/mol. The van der Waals surface area contributed by atoms with Crippen LogP contribution in [0.4, 0.5) is 4.79 Å². The number of rotatable bonds is 5. The van der Waals surface area contributed by atoms with Gasteiger partial charge in [0.15, 0.2) is 0 Å². The van der Waals surface area contributed by atoms with Crippen LogP contribution < -0.4 is 5.32 Å². The maximum absolute atomic E-state index is 12.6. The van der Waals surface area contributed by atoms with Gasteiger partial charge in [-0.2, -0.15) is 0 Å². The molecule has 1 unspecified atom stereocenters. The quantitative estimate of drug-likeness (QED) is 0.783. The Morgan fingerprint density at radius 2 is 1.86 bits per heavy atom. The van der Waals surface area contributed by atoms with E-state index in [1.165, 1.54) is 0 Å². The van der Waals surface area contributed by atoms with E-state index in [9.17, 15) is 14.4 Å². The molecule has 0 aromatic rings. The van der Waals surface area contributed by atoms with Crippen molar-refractivity contribution < 1.29 is 19.1 Å². The molecule has 0 radical (unpaired) electrons. The summed E-state index contributed by atoms with van der Waals surface area (Å²) in [5, 5.41) is 2.32. The zero-order valence-electron chi connectivity index (χ0n) is 13.0.